The quantitative estimate of drug-likeness (QED) is 0.215. The number of fused-ring (bicyclic) bond motifs is 2. The van der Waals surface area contributed by atoms with Crippen LogP contribution in [-0.2, 0) is 18.9 Å². The molecule has 0 aromatic carbocycles. The zero-order valence-corrected chi connectivity index (χ0v) is 26.5. The molecule has 16 nitrogen and oxygen atoms in total. The average molecular weight is 699 g/mol. The number of carbonyl (C=O) groups is 1. The second-order valence-electron chi connectivity index (χ2n) is 10.6. The number of hydrogen-bond donors (Lipinski definition) is 3. The number of pyridine rings is 4. The Balaban J connectivity index is 0.000000149. The van der Waals surface area contributed by atoms with Crippen molar-refractivity contribution in [3.05, 3.63) is 86.2 Å². The predicted octanol–water partition coefficient (Wildman–Crippen LogP) is 5.17. The summed E-state index contributed by atoms with van der Waals surface area (Å²) < 4.78 is 46.7. The molecule has 0 spiro atoms. The fraction of sp³-hybridized carbons (Fsp3) is 0.0938. The summed E-state index contributed by atoms with van der Waals surface area (Å²) >= 11 is 0. The van der Waals surface area contributed by atoms with Gasteiger partial charge >= 0.3 is 12.1 Å². The molecule has 5 N–H and O–H groups in total. The normalized spacial score (nSPS) is 11.2. The molecule has 0 saturated heterocycles. The van der Waals surface area contributed by atoms with E-state index in [-0.39, 0.29) is 0 Å². The molecule has 0 radical (unpaired) electrons. The number of alkyl halides is 3. The van der Waals surface area contributed by atoms with Gasteiger partial charge in [-0.3, -0.25) is 19.3 Å². The summed E-state index contributed by atoms with van der Waals surface area (Å²) in [7, 11) is 3.73. The van der Waals surface area contributed by atoms with Gasteiger partial charge in [-0.25, -0.2) is 24.7 Å². The van der Waals surface area contributed by atoms with E-state index < -0.39 is 12.1 Å². The van der Waals surface area contributed by atoms with Crippen LogP contribution in [-0.4, -0.2) is 66.7 Å². The van der Waals surface area contributed by atoms with Crippen LogP contribution in [0.2, 0.25) is 0 Å². The summed E-state index contributed by atoms with van der Waals surface area (Å²) in [6, 6.07) is 7.33. The number of aliphatic carboxylic acids is 1. The van der Waals surface area contributed by atoms with Gasteiger partial charge in [-0.2, -0.15) is 23.4 Å². The first-order chi connectivity index (χ1) is 24.4. The van der Waals surface area contributed by atoms with E-state index in [4.69, 9.17) is 30.2 Å². The van der Waals surface area contributed by atoms with Gasteiger partial charge in [0.25, 0.3) is 0 Å². The van der Waals surface area contributed by atoms with Crippen LogP contribution in [0.25, 0.3) is 67.4 Å². The van der Waals surface area contributed by atoms with Gasteiger partial charge in [-0.1, -0.05) is 0 Å². The van der Waals surface area contributed by atoms with Gasteiger partial charge in [0.1, 0.15) is 22.7 Å². The Morgan fingerprint density at radius 2 is 1.12 bits per heavy atom. The largest absolute Gasteiger partial charge is 0.490 e. The fourth-order valence-electron chi connectivity index (χ4n) is 4.54. The van der Waals surface area contributed by atoms with Gasteiger partial charge in [0.05, 0.1) is 35.9 Å². The molecule has 0 bridgehead atoms. The van der Waals surface area contributed by atoms with Crippen molar-refractivity contribution in [3.8, 4) is 45.2 Å². The molecule has 0 atom stereocenters. The first-order valence-corrected chi connectivity index (χ1v) is 14.6. The van der Waals surface area contributed by atoms with Crippen molar-refractivity contribution in [2.45, 2.75) is 6.18 Å². The van der Waals surface area contributed by atoms with Crippen molar-refractivity contribution in [1.29, 1.82) is 0 Å². The molecule has 8 heterocycles. The number of anilines is 2. The van der Waals surface area contributed by atoms with Crippen LogP contribution in [0.5, 0.6) is 0 Å². The van der Waals surface area contributed by atoms with E-state index in [0.29, 0.717) is 56.7 Å². The number of hydrogen-bond acceptors (Lipinski definition) is 13. The first-order valence-electron chi connectivity index (χ1n) is 14.6. The monoisotopic (exact) mass is 698 g/mol. The molecule has 0 unspecified atom stereocenters. The molecular weight excluding hydrogens is 673 g/mol. The lowest BCUT2D eigenvalue weighted by Crippen LogP contribution is -2.21. The van der Waals surface area contributed by atoms with E-state index in [2.05, 4.69) is 40.1 Å². The van der Waals surface area contributed by atoms with Gasteiger partial charge in [-0.15, -0.1) is 0 Å². The zero-order valence-electron chi connectivity index (χ0n) is 26.5. The minimum atomic E-state index is -5.08. The van der Waals surface area contributed by atoms with Gasteiger partial charge < -0.3 is 25.4 Å². The second-order valence-corrected chi connectivity index (χ2v) is 10.6. The molecule has 51 heavy (non-hydrogen) atoms. The maximum atomic E-state index is 10.6. The van der Waals surface area contributed by atoms with E-state index in [0.717, 1.165) is 22.3 Å². The summed E-state index contributed by atoms with van der Waals surface area (Å²) in [6.45, 7) is 0. The number of rotatable bonds is 4. The Bertz CT molecular complexity index is 2260. The summed E-state index contributed by atoms with van der Waals surface area (Å²) in [4.78, 5) is 34.3. The van der Waals surface area contributed by atoms with Gasteiger partial charge in [0.15, 0.2) is 11.2 Å². The molecule has 0 aliphatic rings. The highest BCUT2D eigenvalue weighted by Crippen LogP contribution is 2.32. The molecule has 0 aliphatic heterocycles. The standard InChI is InChI=1S/2C15H12N6O.C2HF3O2/c2*1-21-8-10(6-19-21)9-4-11(14(16)18-5-9)15-20-12-7-17-3-2-13(12)22-15;3-2(4,5)1(6)7/h2*2-8H,1H3,(H2,16,18);(H,6,7). The Morgan fingerprint density at radius 3 is 1.45 bits per heavy atom. The number of carboxylic acid groups (broad SMARTS) is 1. The highest BCUT2D eigenvalue weighted by molar-refractivity contribution is 5.81. The molecule has 0 amide bonds. The third-order valence-corrected chi connectivity index (χ3v) is 7.00. The molecule has 0 fully saturated rings. The summed E-state index contributed by atoms with van der Waals surface area (Å²) in [6.07, 6.45) is 12.3. The predicted molar refractivity (Wildman–Crippen MR) is 177 cm³/mol. The molecule has 8 rings (SSSR count). The smallest absolute Gasteiger partial charge is 0.475 e. The molecule has 8 aromatic heterocycles. The number of oxazole rings is 2. The van der Waals surface area contributed by atoms with Crippen LogP contribution < -0.4 is 11.5 Å². The fourth-order valence-corrected chi connectivity index (χ4v) is 4.54. The highest BCUT2D eigenvalue weighted by Gasteiger charge is 2.38. The van der Waals surface area contributed by atoms with Crippen LogP contribution in [0.4, 0.5) is 24.8 Å². The summed E-state index contributed by atoms with van der Waals surface area (Å²) in [5.41, 5.74) is 19.7. The zero-order chi connectivity index (χ0) is 36.3. The van der Waals surface area contributed by atoms with E-state index in [1.807, 2.05) is 38.6 Å². The molecule has 0 saturated carbocycles. The number of carboxylic acids is 1. The van der Waals surface area contributed by atoms with Crippen LogP contribution in [0.15, 0.2) is 95.1 Å². The molecular formula is C32H25F3N12O4. The summed E-state index contributed by atoms with van der Waals surface area (Å²) in [5, 5.41) is 15.5. The summed E-state index contributed by atoms with van der Waals surface area (Å²) in [5.74, 6) is -1.16. The van der Waals surface area contributed by atoms with Crippen molar-refractivity contribution in [3.63, 3.8) is 0 Å². The van der Waals surface area contributed by atoms with Crippen LogP contribution in [0.1, 0.15) is 0 Å². The SMILES string of the molecule is Cn1cc(-c2cnc(N)c(-c3nc4cnccc4o3)c2)cn1.Cn1cc(-c2cnc(N)c(-c3nc4cnccc4o3)c2)cn1.O=C(O)C(F)(F)F. The van der Waals surface area contributed by atoms with Crippen LogP contribution in [0, 0.1) is 0 Å². The van der Waals surface area contributed by atoms with E-state index in [1.54, 1.807) is 71.1 Å². The third-order valence-electron chi connectivity index (χ3n) is 7.00. The lowest BCUT2D eigenvalue weighted by Gasteiger charge is -2.03. The number of nitrogen functional groups attached to an aromatic ring is 2. The number of nitrogens with zero attached hydrogens (tertiary/aromatic N) is 10. The topological polar surface area (TPSA) is 229 Å². The minimum Gasteiger partial charge on any atom is -0.475 e. The lowest BCUT2D eigenvalue weighted by molar-refractivity contribution is -0.192. The van der Waals surface area contributed by atoms with Gasteiger partial charge in [-0.05, 0) is 12.1 Å². The van der Waals surface area contributed by atoms with Crippen molar-refractivity contribution in [2.75, 3.05) is 11.5 Å². The first kappa shape index (κ1) is 33.7. The molecule has 0 aliphatic carbocycles. The van der Waals surface area contributed by atoms with Crippen molar-refractivity contribution < 1.29 is 31.9 Å². The van der Waals surface area contributed by atoms with Crippen molar-refractivity contribution in [1.82, 2.24) is 49.5 Å². The van der Waals surface area contributed by atoms with Crippen LogP contribution in [0.3, 0.4) is 0 Å². The second kappa shape index (κ2) is 13.7. The average Bonchev–Trinajstić information content (AvgIpc) is 3.92. The number of halogens is 3. The molecule has 8 aromatic rings. The molecule has 258 valence electrons. The van der Waals surface area contributed by atoms with E-state index >= 15 is 0 Å². The minimum absolute atomic E-state index is 0.368. The van der Waals surface area contributed by atoms with Gasteiger partial charge in [0, 0.05) is 85.7 Å². The van der Waals surface area contributed by atoms with Crippen molar-refractivity contribution >= 4 is 39.8 Å². The number of aryl methyl sites for hydroxylation is 2. The Kier molecular flexibility index (Phi) is 9.08. The molecule has 19 heteroatoms. The number of nitrogens with two attached hydrogens (primary N) is 2. The Hall–Kier alpha value is -7.18. The lowest BCUT2D eigenvalue weighted by atomic mass is 10.1. The number of aromatic nitrogens is 10. The Morgan fingerprint density at radius 1 is 0.706 bits per heavy atom. The van der Waals surface area contributed by atoms with Crippen LogP contribution >= 0.6 is 0 Å². The van der Waals surface area contributed by atoms with E-state index in [9.17, 15) is 13.2 Å². The maximum absolute atomic E-state index is 10.6. The third kappa shape index (κ3) is 7.61. The highest BCUT2D eigenvalue weighted by atomic mass is 19.4. The maximum Gasteiger partial charge on any atom is 0.490 e. The Labute approximate surface area is 284 Å². The van der Waals surface area contributed by atoms with Gasteiger partial charge in [0.2, 0.25) is 11.8 Å². The van der Waals surface area contributed by atoms with Crippen molar-refractivity contribution in [2.24, 2.45) is 14.1 Å². The van der Waals surface area contributed by atoms with E-state index in [1.165, 1.54) is 0 Å².